The number of hydrogen-bond donors (Lipinski definition) is 2. The summed E-state index contributed by atoms with van der Waals surface area (Å²) in [6.07, 6.45) is -0.478. The highest BCUT2D eigenvalue weighted by Crippen LogP contribution is 2.27. The van der Waals surface area contributed by atoms with Crippen LogP contribution in [0.5, 0.6) is 11.5 Å². The largest absolute Gasteiger partial charge is 0.495 e. The van der Waals surface area contributed by atoms with Crippen molar-refractivity contribution < 1.29 is 19.5 Å². The molecule has 5 nitrogen and oxygen atoms in total. The fraction of sp³-hybridized carbons (Fsp3) is 0.333. The first-order valence-electron chi connectivity index (χ1n) is 10.2. The van der Waals surface area contributed by atoms with Crippen LogP contribution in [0.15, 0.2) is 66.7 Å². The molecule has 0 saturated carbocycles. The normalized spacial score (nSPS) is 16.0. The molecule has 0 radical (unpaired) electrons. The quantitative estimate of drug-likeness (QED) is 0.645. The lowest BCUT2D eigenvalue weighted by atomic mass is 10.1. The van der Waals surface area contributed by atoms with Crippen molar-refractivity contribution in [2.75, 3.05) is 51.3 Å². The number of para-hydroxylation sites is 2. The maximum Gasteiger partial charge on any atom is 0.142 e. The molecule has 2 N–H and O–H groups in total. The van der Waals surface area contributed by atoms with Gasteiger partial charge in [-0.1, -0.05) is 42.5 Å². The number of rotatable bonds is 7. The lowest BCUT2D eigenvalue weighted by Gasteiger charge is -2.35. The molecule has 5 heteroatoms. The average Bonchev–Trinajstić information content (AvgIpc) is 2.78. The molecule has 1 heterocycles. The minimum Gasteiger partial charge on any atom is -0.495 e. The van der Waals surface area contributed by atoms with Crippen LogP contribution in [-0.2, 0) is 0 Å². The van der Waals surface area contributed by atoms with E-state index < -0.39 is 6.10 Å². The Hall–Kier alpha value is -2.76. The molecular weight excluding hydrogens is 364 g/mol. The van der Waals surface area contributed by atoms with E-state index in [1.165, 1.54) is 10.3 Å². The molecule has 1 saturated heterocycles. The predicted molar refractivity (Wildman–Crippen MR) is 116 cm³/mol. The molecule has 3 aromatic carbocycles. The number of piperazine rings is 1. The lowest BCUT2D eigenvalue weighted by molar-refractivity contribution is -0.903. The van der Waals surface area contributed by atoms with Crippen LogP contribution in [0.25, 0.3) is 10.8 Å². The third kappa shape index (κ3) is 4.81. The van der Waals surface area contributed by atoms with E-state index in [9.17, 15) is 5.11 Å². The van der Waals surface area contributed by atoms with Crippen LogP contribution >= 0.6 is 0 Å². The predicted octanol–water partition coefficient (Wildman–Crippen LogP) is 1.99. The summed E-state index contributed by atoms with van der Waals surface area (Å²) in [5.74, 6) is 1.72. The number of ether oxygens (including phenoxy) is 2. The first-order chi connectivity index (χ1) is 14.2. The maximum atomic E-state index is 10.5. The monoisotopic (exact) mass is 393 g/mol. The molecule has 0 amide bonds. The molecule has 0 aromatic heterocycles. The standard InChI is InChI=1S/C24H28N2O3/c1-28-24-9-5-4-8-23(24)26-14-12-25(13-15-26)17-21(27)18-29-22-11-10-19-6-2-3-7-20(19)16-22/h2-11,16,21,27H,12-15,17-18H2,1H3/p+1/t21-/m1/s1. The fourth-order valence-electron chi connectivity index (χ4n) is 4.00. The van der Waals surface area contributed by atoms with Crippen LogP contribution in [0.2, 0.25) is 0 Å². The van der Waals surface area contributed by atoms with Gasteiger partial charge in [0.2, 0.25) is 0 Å². The van der Waals surface area contributed by atoms with Crippen LogP contribution in [0.1, 0.15) is 0 Å². The van der Waals surface area contributed by atoms with Crippen molar-refractivity contribution in [3.8, 4) is 11.5 Å². The van der Waals surface area contributed by atoms with Crippen molar-refractivity contribution in [1.82, 2.24) is 0 Å². The van der Waals surface area contributed by atoms with E-state index in [2.05, 4.69) is 29.2 Å². The van der Waals surface area contributed by atoms with Crippen molar-refractivity contribution in [3.63, 3.8) is 0 Å². The number of hydrogen-bond acceptors (Lipinski definition) is 4. The highest BCUT2D eigenvalue weighted by Gasteiger charge is 2.24. The molecule has 1 fully saturated rings. The number of benzene rings is 3. The summed E-state index contributed by atoms with van der Waals surface area (Å²) in [4.78, 5) is 3.77. The molecule has 1 atom stereocenters. The van der Waals surface area contributed by atoms with Gasteiger partial charge in [-0.2, -0.15) is 0 Å². The Labute approximate surface area is 172 Å². The highest BCUT2D eigenvalue weighted by molar-refractivity contribution is 5.83. The Bertz CT molecular complexity index is 938. The van der Waals surface area contributed by atoms with Gasteiger partial charge in [0.05, 0.1) is 39.0 Å². The average molecular weight is 394 g/mol. The maximum absolute atomic E-state index is 10.5. The van der Waals surface area contributed by atoms with Gasteiger partial charge in [0.25, 0.3) is 0 Å². The van der Waals surface area contributed by atoms with Crippen LogP contribution in [0.4, 0.5) is 5.69 Å². The first-order valence-corrected chi connectivity index (χ1v) is 10.2. The van der Waals surface area contributed by atoms with Gasteiger partial charge in [0.1, 0.15) is 30.8 Å². The van der Waals surface area contributed by atoms with E-state index in [-0.39, 0.29) is 0 Å². The van der Waals surface area contributed by atoms with Gasteiger partial charge in [-0.15, -0.1) is 0 Å². The molecule has 1 aliphatic heterocycles. The van der Waals surface area contributed by atoms with E-state index in [0.717, 1.165) is 48.8 Å². The van der Waals surface area contributed by atoms with Gasteiger partial charge in [0, 0.05) is 0 Å². The van der Waals surface area contributed by atoms with E-state index in [1.54, 1.807) is 7.11 Å². The summed E-state index contributed by atoms with van der Waals surface area (Å²) in [5.41, 5.74) is 1.15. The second-order valence-electron chi connectivity index (χ2n) is 7.59. The zero-order chi connectivity index (χ0) is 20.1. The molecule has 29 heavy (non-hydrogen) atoms. The van der Waals surface area contributed by atoms with Crippen molar-refractivity contribution in [3.05, 3.63) is 66.7 Å². The summed E-state index contributed by atoms with van der Waals surface area (Å²) >= 11 is 0. The summed E-state index contributed by atoms with van der Waals surface area (Å²) in [5, 5.41) is 12.8. The van der Waals surface area contributed by atoms with Crippen molar-refractivity contribution in [2.45, 2.75) is 6.10 Å². The van der Waals surface area contributed by atoms with E-state index >= 15 is 0 Å². The fourth-order valence-corrected chi connectivity index (χ4v) is 4.00. The van der Waals surface area contributed by atoms with Gasteiger partial charge in [-0.25, -0.2) is 0 Å². The van der Waals surface area contributed by atoms with Gasteiger partial charge in [-0.3, -0.25) is 0 Å². The number of methoxy groups -OCH3 is 1. The number of nitrogens with one attached hydrogen (secondary N) is 1. The third-order valence-corrected chi connectivity index (χ3v) is 5.58. The summed E-state index contributed by atoms with van der Waals surface area (Å²) < 4.78 is 11.3. The lowest BCUT2D eigenvalue weighted by Crippen LogP contribution is -3.16. The van der Waals surface area contributed by atoms with Crippen molar-refractivity contribution in [2.24, 2.45) is 0 Å². The minimum atomic E-state index is -0.478. The highest BCUT2D eigenvalue weighted by atomic mass is 16.5. The zero-order valence-corrected chi connectivity index (χ0v) is 16.9. The van der Waals surface area contributed by atoms with E-state index in [0.29, 0.717) is 13.2 Å². The smallest absolute Gasteiger partial charge is 0.142 e. The van der Waals surface area contributed by atoms with Gasteiger partial charge < -0.3 is 24.4 Å². The Kier molecular flexibility index (Phi) is 6.17. The van der Waals surface area contributed by atoms with E-state index in [1.807, 2.05) is 42.5 Å². The second-order valence-corrected chi connectivity index (χ2v) is 7.59. The number of nitrogens with zero attached hydrogens (tertiary/aromatic N) is 1. The van der Waals surface area contributed by atoms with Gasteiger partial charge in [0.15, 0.2) is 0 Å². The van der Waals surface area contributed by atoms with Gasteiger partial charge >= 0.3 is 0 Å². The Morgan fingerprint density at radius 1 is 0.966 bits per heavy atom. The molecule has 3 aromatic rings. The topological polar surface area (TPSA) is 46.4 Å². The van der Waals surface area contributed by atoms with Gasteiger partial charge in [-0.05, 0) is 35.0 Å². The number of anilines is 1. The number of fused-ring (bicyclic) bond motifs is 1. The van der Waals surface area contributed by atoms with Crippen LogP contribution in [0, 0.1) is 0 Å². The zero-order valence-electron chi connectivity index (χ0n) is 16.9. The number of quaternary nitrogens is 1. The molecule has 0 spiro atoms. The minimum absolute atomic E-state index is 0.318. The van der Waals surface area contributed by atoms with Crippen molar-refractivity contribution in [1.29, 1.82) is 0 Å². The van der Waals surface area contributed by atoms with Crippen molar-refractivity contribution >= 4 is 16.5 Å². The van der Waals surface area contributed by atoms with Crippen LogP contribution < -0.4 is 19.3 Å². The molecular formula is C24H29N2O3+. The molecule has 0 bridgehead atoms. The second kappa shape index (κ2) is 9.16. The molecule has 0 unspecified atom stereocenters. The van der Waals surface area contributed by atoms with Crippen LogP contribution in [-0.4, -0.2) is 57.7 Å². The Morgan fingerprint density at radius 2 is 1.69 bits per heavy atom. The van der Waals surface area contributed by atoms with E-state index in [4.69, 9.17) is 9.47 Å². The molecule has 152 valence electrons. The Balaban J connectivity index is 1.25. The molecule has 4 rings (SSSR count). The number of aliphatic hydroxyl groups excluding tert-OH is 1. The first kappa shape index (κ1) is 19.6. The molecule has 1 aliphatic rings. The number of aliphatic hydroxyl groups is 1. The molecule has 0 aliphatic carbocycles. The van der Waals surface area contributed by atoms with Crippen LogP contribution in [0.3, 0.4) is 0 Å². The Morgan fingerprint density at radius 3 is 2.48 bits per heavy atom. The third-order valence-electron chi connectivity index (χ3n) is 5.58. The summed E-state index contributed by atoms with van der Waals surface area (Å²) in [7, 11) is 1.71. The summed E-state index contributed by atoms with van der Waals surface area (Å²) in [6.45, 7) is 4.91. The summed E-state index contributed by atoms with van der Waals surface area (Å²) in [6, 6.07) is 22.4. The SMILES string of the molecule is COc1ccccc1N1CC[NH+](C[C@@H](O)COc2ccc3ccccc3c2)CC1.